The number of thiazole rings is 1. The van der Waals surface area contributed by atoms with E-state index in [9.17, 15) is 4.79 Å². The highest BCUT2D eigenvalue weighted by molar-refractivity contribution is 7.09. The minimum absolute atomic E-state index is 0.385. The molecule has 6 heteroatoms. The van der Waals surface area contributed by atoms with Crippen molar-refractivity contribution in [3.8, 4) is 11.5 Å². The molecule has 0 spiro atoms. The molecule has 0 aliphatic rings. The number of halogens is 1. The average molecular weight is 312 g/mol. The topological polar surface area (TPSA) is 48.4 Å². The summed E-state index contributed by atoms with van der Waals surface area (Å²) in [5, 5.41) is 0.439. The van der Waals surface area contributed by atoms with Crippen molar-refractivity contribution in [1.82, 2.24) is 4.98 Å². The number of rotatable bonds is 6. The Morgan fingerprint density at radius 2 is 2.25 bits per heavy atom. The van der Waals surface area contributed by atoms with Crippen molar-refractivity contribution in [3.63, 3.8) is 0 Å². The smallest absolute Gasteiger partial charge is 0.171 e. The zero-order chi connectivity index (χ0) is 14.5. The molecular weight excluding hydrogens is 298 g/mol. The molecule has 0 bridgehead atoms. The molecule has 20 heavy (non-hydrogen) atoms. The fourth-order valence-electron chi connectivity index (χ4n) is 1.79. The Morgan fingerprint density at radius 1 is 1.45 bits per heavy atom. The SMILES string of the molecule is COc1cc(Cl)cc(C=O)c1OCCc1scnc1C. The van der Waals surface area contributed by atoms with Crippen LogP contribution in [0.3, 0.4) is 0 Å². The fourth-order valence-corrected chi connectivity index (χ4v) is 2.77. The first-order valence-corrected chi connectivity index (χ1v) is 7.26. The minimum atomic E-state index is 0.385. The molecule has 2 rings (SSSR count). The van der Waals surface area contributed by atoms with Crippen molar-refractivity contribution < 1.29 is 14.3 Å². The van der Waals surface area contributed by atoms with E-state index < -0.39 is 0 Å². The van der Waals surface area contributed by atoms with Crippen LogP contribution in [0.4, 0.5) is 0 Å². The first-order chi connectivity index (χ1) is 9.65. The van der Waals surface area contributed by atoms with Gasteiger partial charge in [0.1, 0.15) is 0 Å². The van der Waals surface area contributed by atoms with Crippen molar-refractivity contribution in [2.45, 2.75) is 13.3 Å². The standard InChI is InChI=1S/C14H14ClNO3S/c1-9-13(20-8-16-9)3-4-19-14-10(7-17)5-11(15)6-12(14)18-2/h5-8H,3-4H2,1-2H3. The molecule has 0 N–H and O–H groups in total. The van der Waals surface area contributed by atoms with Crippen LogP contribution in [0, 0.1) is 6.92 Å². The Hall–Kier alpha value is -1.59. The van der Waals surface area contributed by atoms with Gasteiger partial charge in [-0.3, -0.25) is 4.79 Å². The van der Waals surface area contributed by atoms with Crippen LogP contribution >= 0.6 is 22.9 Å². The third-order valence-electron chi connectivity index (χ3n) is 2.82. The number of aryl methyl sites for hydroxylation is 1. The highest BCUT2D eigenvalue weighted by atomic mass is 35.5. The molecule has 1 aromatic heterocycles. The maximum Gasteiger partial charge on any atom is 0.171 e. The monoisotopic (exact) mass is 311 g/mol. The first kappa shape index (κ1) is 14.8. The molecule has 0 aliphatic carbocycles. The molecule has 4 nitrogen and oxygen atoms in total. The van der Waals surface area contributed by atoms with Crippen LogP contribution in [0.15, 0.2) is 17.6 Å². The van der Waals surface area contributed by atoms with Crippen molar-refractivity contribution >= 4 is 29.2 Å². The van der Waals surface area contributed by atoms with Crippen molar-refractivity contribution in [3.05, 3.63) is 38.8 Å². The van der Waals surface area contributed by atoms with Crippen LogP contribution in [0.2, 0.25) is 5.02 Å². The van der Waals surface area contributed by atoms with Crippen molar-refractivity contribution in [2.24, 2.45) is 0 Å². The number of nitrogens with zero attached hydrogens (tertiary/aromatic N) is 1. The Bertz CT molecular complexity index is 612. The summed E-state index contributed by atoms with van der Waals surface area (Å²) in [5.74, 6) is 0.884. The summed E-state index contributed by atoms with van der Waals surface area (Å²) in [6.07, 6.45) is 1.45. The molecule has 0 saturated heterocycles. The largest absolute Gasteiger partial charge is 0.493 e. The van der Waals surface area contributed by atoms with E-state index in [2.05, 4.69) is 4.98 Å². The highest BCUT2D eigenvalue weighted by Crippen LogP contribution is 2.34. The summed E-state index contributed by atoms with van der Waals surface area (Å²) in [6, 6.07) is 3.19. The molecule has 106 valence electrons. The number of methoxy groups -OCH3 is 1. The van der Waals surface area contributed by atoms with E-state index in [-0.39, 0.29) is 0 Å². The lowest BCUT2D eigenvalue weighted by Gasteiger charge is -2.13. The van der Waals surface area contributed by atoms with Gasteiger partial charge in [0.05, 0.1) is 30.5 Å². The summed E-state index contributed by atoms with van der Waals surface area (Å²) in [7, 11) is 1.51. The summed E-state index contributed by atoms with van der Waals surface area (Å²) < 4.78 is 10.9. The molecule has 1 heterocycles. The molecular formula is C14H14ClNO3S. The number of aldehydes is 1. The molecule has 0 aliphatic heterocycles. The molecule has 0 fully saturated rings. The summed E-state index contributed by atoms with van der Waals surface area (Å²) in [5.41, 5.74) is 3.21. The van der Waals surface area contributed by atoms with E-state index in [0.717, 1.165) is 12.1 Å². The average Bonchev–Trinajstić information content (AvgIpc) is 2.85. The highest BCUT2D eigenvalue weighted by Gasteiger charge is 2.13. The zero-order valence-corrected chi connectivity index (χ0v) is 12.8. The first-order valence-electron chi connectivity index (χ1n) is 6.00. The van der Waals surface area contributed by atoms with Gasteiger partial charge in [-0.1, -0.05) is 11.6 Å². The van der Waals surface area contributed by atoms with Crippen molar-refractivity contribution in [2.75, 3.05) is 13.7 Å². The number of carbonyl (C=O) groups is 1. The van der Waals surface area contributed by atoms with Gasteiger partial charge in [0, 0.05) is 22.4 Å². The van der Waals surface area contributed by atoms with Gasteiger partial charge < -0.3 is 9.47 Å². The lowest BCUT2D eigenvalue weighted by atomic mass is 10.2. The lowest BCUT2D eigenvalue weighted by Crippen LogP contribution is -2.05. The molecule has 0 saturated carbocycles. The Kier molecular flexibility index (Phi) is 4.98. The van der Waals surface area contributed by atoms with Gasteiger partial charge in [-0.15, -0.1) is 11.3 Å². The molecule has 0 amide bonds. The van der Waals surface area contributed by atoms with Crippen LogP contribution in [0.1, 0.15) is 20.9 Å². The Morgan fingerprint density at radius 3 is 2.85 bits per heavy atom. The molecule has 0 atom stereocenters. The second kappa shape index (κ2) is 6.72. The van der Waals surface area contributed by atoms with Gasteiger partial charge in [-0.2, -0.15) is 0 Å². The molecule has 0 unspecified atom stereocenters. The second-order valence-electron chi connectivity index (χ2n) is 4.10. The minimum Gasteiger partial charge on any atom is -0.493 e. The Balaban J connectivity index is 2.12. The van der Waals surface area contributed by atoms with Gasteiger partial charge in [0.2, 0.25) is 0 Å². The van der Waals surface area contributed by atoms with E-state index in [1.165, 1.54) is 12.0 Å². The quantitative estimate of drug-likeness (QED) is 0.766. The van der Waals surface area contributed by atoms with E-state index in [0.29, 0.717) is 35.0 Å². The van der Waals surface area contributed by atoms with Crippen LogP contribution in [0.25, 0.3) is 0 Å². The lowest BCUT2D eigenvalue weighted by molar-refractivity contribution is 0.111. The zero-order valence-electron chi connectivity index (χ0n) is 11.2. The van der Waals surface area contributed by atoms with Crippen LogP contribution in [-0.2, 0) is 6.42 Å². The number of carbonyl (C=O) groups excluding carboxylic acids is 1. The summed E-state index contributed by atoms with van der Waals surface area (Å²) in [4.78, 5) is 16.4. The predicted octanol–water partition coefficient (Wildman–Crippen LogP) is 3.55. The molecule has 0 radical (unpaired) electrons. The van der Waals surface area contributed by atoms with E-state index in [1.807, 2.05) is 12.4 Å². The van der Waals surface area contributed by atoms with Gasteiger partial charge in [0.15, 0.2) is 17.8 Å². The van der Waals surface area contributed by atoms with Gasteiger partial charge in [-0.05, 0) is 13.0 Å². The van der Waals surface area contributed by atoms with Crippen LogP contribution in [0.5, 0.6) is 11.5 Å². The van der Waals surface area contributed by atoms with Gasteiger partial charge >= 0.3 is 0 Å². The number of ether oxygens (including phenoxy) is 2. The third-order valence-corrected chi connectivity index (χ3v) is 4.03. The molecule has 1 aromatic carbocycles. The van der Waals surface area contributed by atoms with Crippen LogP contribution in [-0.4, -0.2) is 25.0 Å². The summed E-state index contributed by atoms with van der Waals surface area (Å²) in [6.45, 7) is 2.41. The molecule has 2 aromatic rings. The van der Waals surface area contributed by atoms with Gasteiger partial charge in [0.25, 0.3) is 0 Å². The Labute approximate surface area is 126 Å². The number of hydrogen-bond acceptors (Lipinski definition) is 5. The summed E-state index contributed by atoms with van der Waals surface area (Å²) >= 11 is 7.51. The second-order valence-corrected chi connectivity index (χ2v) is 5.48. The van der Waals surface area contributed by atoms with Crippen LogP contribution < -0.4 is 9.47 Å². The number of benzene rings is 1. The van der Waals surface area contributed by atoms with E-state index in [4.69, 9.17) is 21.1 Å². The predicted molar refractivity (Wildman–Crippen MR) is 79.4 cm³/mol. The van der Waals surface area contributed by atoms with Crippen molar-refractivity contribution in [1.29, 1.82) is 0 Å². The maximum atomic E-state index is 11.1. The fraction of sp³-hybridized carbons (Fsp3) is 0.286. The maximum absolute atomic E-state index is 11.1. The number of aromatic nitrogens is 1. The van der Waals surface area contributed by atoms with Gasteiger partial charge in [-0.25, -0.2) is 4.98 Å². The van der Waals surface area contributed by atoms with E-state index in [1.54, 1.807) is 23.5 Å². The normalized spacial score (nSPS) is 10.3. The number of hydrogen-bond donors (Lipinski definition) is 0. The van der Waals surface area contributed by atoms with E-state index >= 15 is 0 Å². The third kappa shape index (κ3) is 3.29.